The number of imide groups is 2. The van der Waals surface area contributed by atoms with Crippen molar-refractivity contribution in [3.63, 3.8) is 0 Å². The van der Waals surface area contributed by atoms with Crippen LogP contribution in [0.4, 0.5) is 10.5 Å². The quantitative estimate of drug-likeness (QED) is 0.327. The first-order chi connectivity index (χ1) is 17.8. The summed E-state index contributed by atoms with van der Waals surface area (Å²) < 4.78 is 16.6. The Kier molecular flexibility index (Phi) is 7.38. The van der Waals surface area contributed by atoms with E-state index in [1.165, 1.54) is 18.2 Å². The number of aromatic carboxylic acids is 1. The predicted octanol–water partition coefficient (Wildman–Crippen LogP) is 4.18. The zero-order chi connectivity index (χ0) is 26.5. The molecular formula is C27H24N2O8. The van der Waals surface area contributed by atoms with Crippen LogP contribution in [0.3, 0.4) is 0 Å². The zero-order valence-electron chi connectivity index (χ0n) is 20.1. The highest BCUT2D eigenvalue weighted by molar-refractivity contribution is 6.39. The van der Waals surface area contributed by atoms with Crippen LogP contribution in [0.2, 0.25) is 0 Å². The number of carbonyl (C=O) groups is 4. The van der Waals surface area contributed by atoms with E-state index in [9.17, 15) is 19.2 Å². The smallest absolute Gasteiger partial charge is 0.371 e. The van der Waals surface area contributed by atoms with Crippen LogP contribution >= 0.6 is 0 Å². The number of nitrogens with one attached hydrogen (secondary N) is 1. The van der Waals surface area contributed by atoms with E-state index in [-0.39, 0.29) is 17.9 Å². The van der Waals surface area contributed by atoms with Gasteiger partial charge >= 0.3 is 12.0 Å². The predicted molar refractivity (Wildman–Crippen MR) is 132 cm³/mol. The average molecular weight is 504 g/mol. The fourth-order valence-electron chi connectivity index (χ4n) is 3.66. The summed E-state index contributed by atoms with van der Waals surface area (Å²) in [5.41, 5.74) is 1.64. The van der Waals surface area contributed by atoms with E-state index >= 15 is 0 Å². The molecule has 10 heteroatoms. The third-order valence-electron chi connectivity index (χ3n) is 5.53. The standard InChI is InChI=1S/C27H24N2O8/c1-3-16-5-8-18(9-6-16)29-25(31)20(24(30)28-27(29)34)13-17-7-11-21(23(14-17)35-4-2)36-15-19-10-12-22(37-19)26(32)33/h5-14H,3-4,15H2,1-2H3,(H,32,33)(H,28,30,34). The number of anilines is 1. The Labute approximate surface area is 212 Å². The molecule has 0 bridgehead atoms. The van der Waals surface area contributed by atoms with E-state index in [2.05, 4.69) is 5.32 Å². The van der Waals surface area contributed by atoms with Crippen LogP contribution in [-0.4, -0.2) is 35.5 Å². The van der Waals surface area contributed by atoms with Gasteiger partial charge in [-0.2, -0.15) is 0 Å². The number of hydrogen-bond donors (Lipinski definition) is 2. The van der Waals surface area contributed by atoms with Crippen molar-refractivity contribution < 1.29 is 38.2 Å². The summed E-state index contributed by atoms with van der Waals surface area (Å²) in [5, 5.41) is 11.2. The Morgan fingerprint density at radius 2 is 1.76 bits per heavy atom. The van der Waals surface area contributed by atoms with Gasteiger partial charge in [-0.05, 0) is 66.9 Å². The number of hydrogen-bond acceptors (Lipinski definition) is 7. The molecule has 2 aromatic carbocycles. The molecule has 4 amide bonds. The Morgan fingerprint density at radius 3 is 2.41 bits per heavy atom. The maximum absolute atomic E-state index is 13.2. The van der Waals surface area contributed by atoms with Gasteiger partial charge in [0.25, 0.3) is 11.8 Å². The molecule has 1 aliphatic rings. The van der Waals surface area contributed by atoms with Crippen molar-refractivity contribution in [1.29, 1.82) is 0 Å². The van der Waals surface area contributed by atoms with E-state index in [0.717, 1.165) is 16.9 Å². The minimum atomic E-state index is -1.18. The summed E-state index contributed by atoms with van der Waals surface area (Å²) in [6.45, 7) is 4.05. The van der Waals surface area contributed by atoms with Gasteiger partial charge in [-0.25, -0.2) is 14.5 Å². The van der Waals surface area contributed by atoms with Crippen molar-refractivity contribution in [3.05, 3.63) is 82.8 Å². The summed E-state index contributed by atoms with van der Waals surface area (Å²) in [4.78, 5) is 50.0. The van der Waals surface area contributed by atoms with E-state index in [1.807, 2.05) is 19.1 Å². The molecule has 10 nitrogen and oxygen atoms in total. The van der Waals surface area contributed by atoms with E-state index < -0.39 is 23.8 Å². The molecule has 0 saturated carbocycles. The van der Waals surface area contributed by atoms with Crippen molar-refractivity contribution in [2.75, 3.05) is 11.5 Å². The molecular weight excluding hydrogens is 480 g/mol. The fraction of sp³-hybridized carbons (Fsp3) is 0.185. The molecule has 2 heterocycles. The topological polar surface area (TPSA) is 135 Å². The van der Waals surface area contributed by atoms with Gasteiger partial charge in [0.05, 0.1) is 12.3 Å². The highest BCUT2D eigenvalue weighted by atomic mass is 16.5. The first-order valence-corrected chi connectivity index (χ1v) is 11.5. The minimum Gasteiger partial charge on any atom is -0.490 e. The lowest BCUT2D eigenvalue weighted by Crippen LogP contribution is -2.54. The molecule has 0 aliphatic carbocycles. The number of carbonyl (C=O) groups excluding carboxylic acids is 3. The molecule has 1 fully saturated rings. The van der Waals surface area contributed by atoms with Gasteiger partial charge in [0.2, 0.25) is 5.76 Å². The molecule has 1 aliphatic heterocycles. The third kappa shape index (κ3) is 5.53. The van der Waals surface area contributed by atoms with Gasteiger partial charge in [0.1, 0.15) is 17.9 Å². The van der Waals surface area contributed by atoms with Crippen molar-refractivity contribution in [1.82, 2.24) is 5.32 Å². The molecule has 0 spiro atoms. The Morgan fingerprint density at radius 1 is 1.00 bits per heavy atom. The average Bonchev–Trinajstić information content (AvgIpc) is 3.36. The fourth-order valence-corrected chi connectivity index (χ4v) is 3.66. The molecule has 190 valence electrons. The van der Waals surface area contributed by atoms with Gasteiger partial charge in [-0.3, -0.25) is 14.9 Å². The lowest BCUT2D eigenvalue weighted by molar-refractivity contribution is -0.122. The molecule has 0 unspecified atom stereocenters. The Hall–Kier alpha value is -4.86. The summed E-state index contributed by atoms with van der Waals surface area (Å²) in [7, 11) is 0. The van der Waals surface area contributed by atoms with E-state index in [4.69, 9.17) is 19.0 Å². The first-order valence-electron chi connectivity index (χ1n) is 11.5. The number of nitrogens with zero attached hydrogens (tertiary/aromatic N) is 1. The SMILES string of the molecule is CCOc1cc(C=C2C(=O)NC(=O)N(c3ccc(CC)cc3)C2=O)ccc1OCc1ccc(C(=O)O)o1. The number of amides is 4. The largest absolute Gasteiger partial charge is 0.490 e. The van der Waals surface area contributed by atoms with Crippen LogP contribution in [0.25, 0.3) is 6.08 Å². The second kappa shape index (κ2) is 10.8. The van der Waals surface area contributed by atoms with Crippen LogP contribution in [0.5, 0.6) is 11.5 Å². The molecule has 1 saturated heterocycles. The maximum Gasteiger partial charge on any atom is 0.371 e. The third-order valence-corrected chi connectivity index (χ3v) is 5.53. The van der Waals surface area contributed by atoms with Crippen molar-refractivity contribution >= 4 is 35.6 Å². The van der Waals surface area contributed by atoms with E-state index in [1.54, 1.807) is 37.3 Å². The number of carboxylic acid groups (broad SMARTS) is 1. The summed E-state index contributed by atoms with van der Waals surface area (Å²) in [6.07, 6.45) is 2.17. The number of rotatable bonds is 9. The molecule has 0 radical (unpaired) electrons. The van der Waals surface area contributed by atoms with Crippen molar-refractivity contribution in [2.24, 2.45) is 0 Å². The van der Waals surface area contributed by atoms with Crippen LogP contribution in [0.1, 0.15) is 41.3 Å². The number of benzene rings is 2. The molecule has 2 N–H and O–H groups in total. The van der Waals surface area contributed by atoms with Gasteiger partial charge in [0, 0.05) is 0 Å². The summed E-state index contributed by atoms with van der Waals surface area (Å²) >= 11 is 0. The Balaban J connectivity index is 1.58. The molecule has 37 heavy (non-hydrogen) atoms. The second-order valence-corrected chi connectivity index (χ2v) is 7.98. The van der Waals surface area contributed by atoms with Crippen molar-refractivity contribution in [2.45, 2.75) is 26.9 Å². The molecule has 0 atom stereocenters. The number of barbiturate groups is 1. The van der Waals surface area contributed by atoms with Crippen LogP contribution < -0.4 is 19.7 Å². The molecule has 1 aromatic heterocycles. The van der Waals surface area contributed by atoms with Crippen LogP contribution in [0.15, 0.2) is 64.6 Å². The zero-order valence-corrected chi connectivity index (χ0v) is 20.1. The second-order valence-electron chi connectivity index (χ2n) is 7.98. The summed E-state index contributed by atoms with van der Waals surface area (Å²) in [5.74, 6) is -1.93. The highest BCUT2D eigenvalue weighted by Crippen LogP contribution is 2.31. The number of aryl methyl sites for hydroxylation is 1. The number of urea groups is 1. The van der Waals surface area contributed by atoms with Gasteiger partial charge in [-0.1, -0.05) is 25.1 Å². The van der Waals surface area contributed by atoms with Gasteiger partial charge in [0.15, 0.2) is 11.5 Å². The summed E-state index contributed by atoms with van der Waals surface area (Å²) in [6, 6.07) is 13.7. The normalized spacial score (nSPS) is 14.6. The number of ether oxygens (including phenoxy) is 2. The lowest BCUT2D eigenvalue weighted by Gasteiger charge is -2.26. The monoisotopic (exact) mass is 504 g/mol. The molecule has 4 rings (SSSR count). The minimum absolute atomic E-state index is 0.0391. The molecule has 3 aromatic rings. The highest BCUT2D eigenvalue weighted by Gasteiger charge is 2.36. The maximum atomic E-state index is 13.2. The lowest BCUT2D eigenvalue weighted by atomic mass is 10.1. The van der Waals surface area contributed by atoms with E-state index in [0.29, 0.717) is 35.1 Å². The van der Waals surface area contributed by atoms with Gasteiger partial charge < -0.3 is 19.0 Å². The van der Waals surface area contributed by atoms with Crippen LogP contribution in [-0.2, 0) is 22.6 Å². The first kappa shape index (κ1) is 25.2. The Bertz CT molecular complexity index is 1390. The number of carboxylic acids is 1. The van der Waals surface area contributed by atoms with Crippen molar-refractivity contribution in [3.8, 4) is 11.5 Å². The number of furan rings is 1. The van der Waals surface area contributed by atoms with Gasteiger partial charge in [-0.15, -0.1) is 0 Å². The van der Waals surface area contributed by atoms with Crippen LogP contribution in [0, 0.1) is 0 Å².